The van der Waals surface area contributed by atoms with E-state index in [4.69, 9.17) is 9.15 Å². The summed E-state index contributed by atoms with van der Waals surface area (Å²) in [6.07, 6.45) is 2.34. The third kappa shape index (κ3) is 4.81. The number of benzene rings is 2. The summed E-state index contributed by atoms with van der Waals surface area (Å²) in [5, 5.41) is 13.6. The average Bonchev–Trinajstić information content (AvgIpc) is 3.56. The first kappa shape index (κ1) is 23.9. The zero-order valence-electron chi connectivity index (χ0n) is 20.9. The molecule has 0 radical (unpaired) electrons. The number of hydrogen-bond acceptors (Lipinski definition) is 5. The number of likely N-dealkylation sites (tertiary alicyclic amines) is 1. The van der Waals surface area contributed by atoms with E-state index in [1.165, 1.54) is 0 Å². The Balaban J connectivity index is 1.29. The number of hydrogen-bond donors (Lipinski definition) is 1. The van der Waals surface area contributed by atoms with Gasteiger partial charge in [0.15, 0.2) is 0 Å². The number of amides is 2. The largest absolute Gasteiger partial charge is 0.461 e. The number of carbonyl (C=O) groups is 2. The molecule has 2 aliphatic rings. The second kappa shape index (κ2) is 9.34. The highest BCUT2D eigenvalue weighted by atomic mass is 16.6. The molecule has 1 saturated carbocycles. The van der Waals surface area contributed by atoms with Crippen molar-refractivity contribution < 1.29 is 18.7 Å². The second-order valence-electron chi connectivity index (χ2n) is 10.8. The van der Waals surface area contributed by atoms with E-state index in [2.05, 4.69) is 29.6 Å². The normalized spacial score (nSPS) is 21.8. The van der Waals surface area contributed by atoms with E-state index < -0.39 is 23.8 Å². The van der Waals surface area contributed by atoms with Gasteiger partial charge in [-0.05, 0) is 75.3 Å². The lowest BCUT2D eigenvalue weighted by Crippen LogP contribution is -2.55. The maximum absolute atomic E-state index is 13.3. The fourth-order valence-electron chi connectivity index (χ4n) is 5.50. The molecule has 2 aromatic carbocycles. The molecule has 1 unspecified atom stereocenters. The predicted octanol–water partition coefficient (Wildman–Crippen LogP) is 5.44. The van der Waals surface area contributed by atoms with Crippen LogP contribution in [-0.4, -0.2) is 40.6 Å². The Morgan fingerprint density at radius 1 is 1.14 bits per heavy atom. The van der Waals surface area contributed by atoms with E-state index >= 15 is 0 Å². The van der Waals surface area contributed by atoms with Crippen LogP contribution in [0, 0.1) is 17.2 Å². The minimum absolute atomic E-state index is 0.00955. The van der Waals surface area contributed by atoms with E-state index in [0.29, 0.717) is 5.76 Å². The fraction of sp³-hybridized carbons (Fsp3) is 0.414. The summed E-state index contributed by atoms with van der Waals surface area (Å²) in [6, 6.07) is 18.8. The van der Waals surface area contributed by atoms with Gasteiger partial charge >= 0.3 is 6.09 Å². The third-order valence-corrected chi connectivity index (χ3v) is 7.01. The minimum atomic E-state index is -0.772. The van der Waals surface area contributed by atoms with Gasteiger partial charge in [0.25, 0.3) is 0 Å². The van der Waals surface area contributed by atoms with E-state index in [-0.39, 0.29) is 24.3 Å². The number of rotatable bonds is 5. The van der Waals surface area contributed by atoms with E-state index in [1.807, 2.05) is 57.2 Å². The van der Waals surface area contributed by atoms with Crippen molar-refractivity contribution in [3.63, 3.8) is 0 Å². The lowest BCUT2D eigenvalue weighted by Gasteiger charge is -2.35. The molecule has 186 valence electrons. The first-order valence-corrected chi connectivity index (χ1v) is 12.5. The number of nitrogens with zero attached hydrogens (tertiary/aromatic N) is 2. The molecule has 7 nitrogen and oxygen atoms in total. The first-order chi connectivity index (χ1) is 17.2. The van der Waals surface area contributed by atoms with Gasteiger partial charge in [0.1, 0.15) is 29.0 Å². The molecule has 1 saturated heterocycles. The number of furan rings is 1. The van der Waals surface area contributed by atoms with Crippen LogP contribution in [0.25, 0.3) is 22.1 Å². The van der Waals surface area contributed by atoms with Gasteiger partial charge in [-0.3, -0.25) is 9.69 Å². The number of piperidine rings is 1. The monoisotopic (exact) mass is 485 g/mol. The molecule has 2 amide bonds. The van der Waals surface area contributed by atoms with Gasteiger partial charge < -0.3 is 14.5 Å². The standard InChI is InChI=1S/C29H31N3O4/c1-29(2,3)36-28(34)32-23-11-9-20(14-23)26(32)27(33)31-22(17-30)16-24-15-21-13-19(10-12-25(21)35-24)18-7-5-4-6-8-18/h4-8,10,12-13,15,20,22-23,26H,9,11,14,16H2,1-3H3,(H,31,33)/t20-,22?,23+,26-/m0/s1. The topological polar surface area (TPSA) is 95.6 Å². The lowest BCUT2D eigenvalue weighted by atomic mass is 9.97. The number of nitriles is 1. The molecule has 1 aliphatic heterocycles. The molecular weight excluding hydrogens is 454 g/mol. The number of carbonyl (C=O) groups excluding carboxylic acids is 2. The van der Waals surface area contributed by atoms with Gasteiger partial charge in [-0.1, -0.05) is 36.4 Å². The van der Waals surface area contributed by atoms with Gasteiger partial charge in [-0.15, -0.1) is 0 Å². The zero-order valence-corrected chi connectivity index (χ0v) is 20.9. The smallest absolute Gasteiger partial charge is 0.411 e. The second-order valence-corrected chi connectivity index (χ2v) is 10.8. The predicted molar refractivity (Wildman–Crippen MR) is 136 cm³/mol. The van der Waals surface area contributed by atoms with Crippen LogP contribution >= 0.6 is 0 Å². The summed E-state index contributed by atoms with van der Waals surface area (Å²) in [5.74, 6) is 0.408. The Hall–Kier alpha value is -3.79. The van der Waals surface area contributed by atoms with Crippen LogP contribution in [0.2, 0.25) is 0 Å². The van der Waals surface area contributed by atoms with Crippen molar-refractivity contribution in [3.05, 3.63) is 60.4 Å². The maximum Gasteiger partial charge on any atom is 0.411 e. The highest BCUT2D eigenvalue weighted by Gasteiger charge is 2.52. The molecule has 5 rings (SSSR count). The molecule has 2 fully saturated rings. The van der Waals surface area contributed by atoms with E-state index in [1.54, 1.807) is 4.90 Å². The van der Waals surface area contributed by atoms with Gasteiger partial charge in [0, 0.05) is 17.8 Å². The number of fused-ring (bicyclic) bond motifs is 3. The Morgan fingerprint density at radius 2 is 1.92 bits per heavy atom. The molecule has 1 aromatic heterocycles. The molecule has 36 heavy (non-hydrogen) atoms. The van der Waals surface area contributed by atoms with Crippen molar-refractivity contribution in [1.82, 2.24) is 10.2 Å². The fourth-order valence-corrected chi connectivity index (χ4v) is 5.50. The Labute approximate surface area is 211 Å². The molecular formula is C29H31N3O4. The molecule has 0 spiro atoms. The van der Waals surface area contributed by atoms with Crippen LogP contribution in [0.1, 0.15) is 45.8 Å². The Morgan fingerprint density at radius 3 is 2.64 bits per heavy atom. The average molecular weight is 486 g/mol. The van der Waals surface area contributed by atoms with Gasteiger partial charge in [0.2, 0.25) is 5.91 Å². The van der Waals surface area contributed by atoms with Crippen LogP contribution in [0.5, 0.6) is 0 Å². The molecule has 1 aliphatic carbocycles. The molecule has 1 N–H and O–H groups in total. The first-order valence-electron chi connectivity index (χ1n) is 12.5. The summed E-state index contributed by atoms with van der Waals surface area (Å²) < 4.78 is 11.6. The highest BCUT2D eigenvalue weighted by molar-refractivity contribution is 5.88. The summed E-state index contributed by atoms with van der Waals surface area (Å²) in [6.45, 7) is 5.45. The molecule has 4 atom stereocenters. The van der Waals surface area contributed by atoms with Crippen molar-refractivity contribution in [2.24, 2.45) is 5.92 Å². The van der Waals surface area contributed by atoms with Crippen LogP contribution in [0.4, 0.5) is 4.79 Å². The van der Waals surface area contributed by atoms with Crippen molar-refractivity contribution in [3.8, 4) is 17.2 Å². The van der Waals surface area contributed by atoms with Crippen molar-refractivity contribution in [1.29, 1.82) is 5.26 Å². The summed E-state index contributed by atoms with van der Waals surface area (Å²) >= 11 is 0. The van der Waals surface area contributed by atoms with E-state index in [0.717, 1.165) is 41.4 Å². The Bertz CT molecular complexity index is 1320. The van der Waals surface area contributed by atoms with E-state index in [9.17, 15) is 14.9 Å². The molecule has 3 aromatic rings. The highest BCUT2D eigenvalue weighted by Crippen LogP contribution is 2.43. The molecule has 7 heteroatoms. The molecule has 2 bridgehead atoms. The zero-order chi connectivity index (χ0) is 25.4. The maximum atomic E-state index is 13.3. The summed E-state index contributed by atoms with van der Waals surface area (Å²) in [5.41, 5.74) is 2.29. The Kier molecular flexibility index (Phi) is 6.21. The third-order valence-electron chi connectivity index (χ3n) is 7.01. The summed E-state index contributed by atoms with van der Waals surface area (Å²) in [7, 11) is 0. The van der Waals surface area contributed by atoms with Crippen LogP contribution in [-0.2, 0) is 16.0 Å². The van der Waals surface area contributed by atoms with Gasteiger partial charge in [0.05, 0.1) is 6.07 Å². The van der Waals surface area contributed by atoms with Crippen molar-refractivity contribution in [2.75, 3.05) is 0 Å². The van der Waals surface area contributed by atoms with Crippen LogP contribution in [0.15, 0.2) is 59.0 Å². The van der Waals surface area contributed by atoms with Crippen LogP contribution < -0.4 is 5.32 Å². The molecule has 2 heterocycles. The van der Waals surface area contributed by atoms with Crippen LogP contribution in [0.3, 0.4) is 0 Å². The van der Waals surface area contributed by atoms with Gasteiger partial charge in [-0.2, -0.15) is 5.26 Å². The lowest BCUT2D eigenvalue weighted by molar-refractivity contribution is -0.128. The summed E-state index contributed by atoms with van der Waals surface area (Å²) in [4.78, 5) is 27.8. The minimum Gasteiger partial charge on any atom is -0.461 e. The number of ether oxygens (including phenoxy) is 1. The van der Waals surface area contributed by atoms with Crippen molar-refractivity contribution >= 4 is 23.0 Å². The SMILES string of the molecule is CC(C)(C)OC(=O)N1[C@@H]2CC[C@@H](C2)[C@H]1C(=O)NC(C#N)Cc1cc2cc(-c3ccccc3)ccc2o1. The van der Waals surface area contributed by atoms with Gasteiger partial charge in [-0.25, -0.2) is 4.79 Å². The quantitative estimate of drug-likeness (QED) is 0.519. The number of nitrogens with one attached hydrogen (secondary N) is 1. The van der Waals surface area contributed by atoms with Crippen molar-refractivity contribution in [2.45, 2.75) is 70.2 Å².